The highest BCUT2D eigenvalue weighted by Gasteiger charge is 1.96. The lowest BCUT2D eigenvalue weighted by molar-refractivity contribution is 1.10. The molecule has 0 aliphatic heterocycles. The maximum Gasteiger partial charge on any atom is 0.0284 e. The molecule has 1 aromatic carbocycles. The van der Waals surface area contributed by atoms with Crippen LogP contribution in [0.3, 0.4) is 0 Å². The molecule has 0 saturated carbocycles. The monoisotopic (exact) mass is 277 g/mol. The number of halogens is 1. The Bertz CT molecular complexity index is 223. The second-order valence-corrected chi connectivity index (χ2v) is 4.46. The van der Waals surface area contributed by atoms with Gasteiger partial charge in [-0.2, -0.15) is 0 Å². The Hall–Kier alpha value is 0.300. The van der Waals surface area contributed by atoms with Crippen LogP contribution < -0.4 is 0 Å². The van der Waals surface area contributed by atoms with E-state index in [9.17, 15) is 0 Å². The molecule has 1 rings (SSSR count). The third kappa shape index (κ3) is 3.03. The zero-order chi connectivity index (χ0) is 8.10. The standard InChI is InChI=1S/C9H10IS/c1-2-7-11-9-6-4-3-5-8(9)10/h3-5H,2,7H2,1H3. The van der Waals surface area contributed by atoms with Gasteiger partial charge in [0, 0.05) is 8.47 Å². The summed E-state index contributed by atoms with van der Waals surface area (Å²) in [6, 6.07) is 9.34. The van der Waals surface area contributed by atoms with Crippen LogP contribution in [0.1, 0.15) is 13.3 Å². The Morgan fingerprint density at radius 3 is 3.09 bits per heavy atom. The Kier molecular flexibility index (Phi) is 4.30. The molecule has 0 spiro atoms. The third-order valence-electron chi connectivity index (χ3n) is 1.22. The van der Waals surface area contributed by atoms with Crippen molar-refractivity contribution in [2.45, 2.75) is 18.2 Å². The van der Waals surface area contributed by atoms with E-state index in [2.05, 4.69) is 41.6 Å². The largest absolute Gasteiger partial charge is 0.124 e. The van der Waals surface area contributed by atoms with Crippen LogP contribution in [0.15, 0.2) is 23.1 Å². The summed E-state index contributed by atoms with van der Waals surface area (Å²) in [4.78, 5) is 1.29. The summed E-state index contributed by atoms with van der Waals surface area (Å²) in [5.41, 5.74) is 0. The van der Waals surface area contributed by atoms with Crippen LogP contribution >= 0.6 is 34.4 Å². The average molecular weight is 277 g/mol. The number of rotatable bonds is 3. The van der Waals surface area contributed by atoms with Crippen molar-refractivity contribution < 1.29 is 0 Å². The van der Waals surface area contributed by atoms with E-state index in [1.165, 1.54) is 20.6 Å². The summed E-state index contributed by atoms with van der Waals surface area (Å²) in [6.07, 6.45) is 1.23. The van der Waals surface area contributed by atoms with Gasteiger partial charge < -0.3 is 0 Å². The Balaban J connectivity index is 2.62. The zero-order valence-electron chi connectivity index (χ0n) is 6.43. The molecule has 0 nitrogen and oxygen atoms in total. The third-order valence-corrected chi connectivity index (χ3v) is 3.72. The Labute approximate surface area is 85.9 Å². The predicted octanol–water partition coefficient (Wildman–Crippen LogP) is 3.59. The van der Waals surface area contributed by atoms with Crippen molar-refractivity contribution in [3.8, 4) is 0 Å². The summed E-state index contributed by atoms with van der Waals surface area (Å²) in [6.45, 7) is 2.20. The minimum absolute atomic E-state index is 1.19. The molecule has 0 amide bonds. The molecule has 59 valence electrons. The minimum atomic E-state index is 1.19. The molecule has 0 N–H and O–H groups in total. The topological polar surface area (TPSA) is 0 Å². The van der Waals surface area contributed by atoms with E-state index in [4.69, 9.17) is 0 Å². The van der Waals surface area contributed by atoms with Crippen molar-refractivity contribution >= 4 is 34.4 Å². The van der Waals surface area contributed by atoms with Crippen molar-refractivity contribution in [1.82, 2.24) is 0 Å². The molecule has 1 radical (unpaired) electrons. The summed E-state index contributed by atoms with van der Waals surface area (Å²) in [7, 11) is 0. The molecule has 0 atom stereocenters. The van der Waals surface area contributed by atoms with Gasteiger partial charge in [-0.1, -0.05) is 19.1 Å². The summed E-state index contributed by atoms with van der Waals surface area (Å²) >= 11 is 4.23. The molecule has 11 heavy (non-hydrogen) atoms. The lowest BCUT2D eigenvalue weighted by Gasteiger charge is -2.00. The van der Waals surface area contributed by atoms with Crippen LogP contribution in [-0.2, 0) is 0 Å². The van der Waals surface area contributed by atoms with Crippen LogP contribution in [0, 0.1) is 9.64 Å². The van der Waals surface area contributed by atoms with Gasteiger partial charge in [0.05, 0.1) is 0 Å². The fourth-order valence-corrected chi connectivity index (χ4v) is 2.31. The van der Waals surface area contributed by atoms with Crippen LogP contribution in [0.25, 0.3) is 0 Å². The van der Waals surface area contributed by atoms with E-state index in [0.717, 1.165) is 0 Å². The van der Waals surface area contributed by atoms with Gasteiger partial charge in [0.2, 0.25) is 0 Å². The number of thioether (sulfide) groups is 1. The van der Waals surface area contributed by atoms with E-state index in [-0.39, 0.29) is 0 Å². The molecule has 0 fully saturated rings. The van der Waals surface area contributed by atoms with Gasteiger partial charge in [-0.25, -0.2) is 0 Å². The van der Waals surface area contributed by atoms with Gasteiger partial charge in [-0.05, 0) is 46.9 Å². The molecule has 0 unspecified atom stereocenters. The summed E-state index contributed by atoms with van der Waals surface area (Å²) in [5.74, 6) is 1.19. The van der Waals surface area contributed by atoms with Gasteiger partial charge >= 0.3 is 0 Å². The van der Waals surface area contributed by atoms with Gasteiger partial charge in [-0.3, -0.25) is 0 Å². The van der Waals surface area contributed by atoms with Crippen molar-refractivity contribution in [2.24, 2.45) is 0 Å². The lowest BCUT2D eigenvalue weighted by Crippen LogP contribution is -1.79. The summed E-state index contributed by atoms with van der Waals surface area (Å²) < 4.78 is 1.31. The highest BCUT2D eigenvalue weighted by atomic mass is 127. The smallest absolute Gasteiger partial charge is 0.0284 e. The molecule has 1 aromatic rings. The molecule has 0 aliphatic rings. The van der Waals surface area contributed by atoms with Crippen LogP contribution in [0.4, 0.5) is 0 Å². The number of hydrogen-bond acceptors (Lipinski definition) is 1. The second kappa shape index (κ2) is 5.04. The number of benzene rings is 1. The molecule has 0 bridgehead atoms. The van der Waals surface area contributed by atoms with E-state index >= 15 is 0 Å². The second-order valence-electron chi connectivity index (χ2n) is 2.20. The van der Waals surface area contributed by atoms with E-state index in [1.807, 2.05) is 23.9 Å². The Morgan fingerprint density at radius 1 is 1.64 bits per heavy atom. The molecule has 0 aromatic heterocycles. The van der Waals surface area contributed by atoms with Gasteiger partial charge in [0.1, 0.15) is 0 Å². The van der Waals surface area contributed by atoms with Crippen LogP contribution in [-0.4, -0.2) is 5.75 Å². The molecular weight excluding hydrogens is 267 g/mol. The first kappa shape index (κ1) is 9.39. The Morgan fingerprint density at radius 2 is 2.45 bits per heavy atom. The molecular formula is C9H10IS. The molecule has 2 heteroatoms. The quantitative estimate of drug-likeness (QED) is 0.601. The van der Waals surface area contributed by atoms with Crippen molar-refractivity contribution in [3.63, 3.8) is 0 Å². The maximum absolute atomic E-state index is 3.23. The fourth-order valence-electron chi connectivity index (χ4n) is 0.716. The van der Waals surface area contributed by atoms with Crippen LogP contribution in [0.5, 0.6) is 0 Å². The van der Waals surface area contributed by atoms with Crippen LogP contribution in [0.2, 0.25) is 0 Å². The first-order valence-corrected chi connectivity index (χ1v) is 5.70. The highest BCUT2D eigenvalue weighted by molar-refractivity contribution is 14.1. The zero-order valence-corrected chi connectivity index (χ0v) is 9.41. The van der Waals surface area contributed by atoms with E-state index in [0.29, 0.717) is 0 Å². The van der Waals surface area contributed by atoms with E-state index in [1.54, 1.807) is 0 Å². The summed E-state index contributed by atoms with van der Waals surface area (Å²) in [5, 5.41) is 0. The first-order valence-electron chi connectivity index (χ1n) is 3.63. The van der Waals surface area contributed by atoms with Crippen molar-refractivity contribution in [2.75, 3.05) is 5.75 Å². The first-order chi connectivity index (χ1) is 5.34. The molecule has 0 aliphatic carbocycles. The van der Waals surface area contributed by atoms with Crippen molar-refractivity contribution in [3.05, 3.63) is 27.8 Å². The van der Waals surface area contributed by atoms with Gasteiger partial charge in [-0.15, -0.1) is 11.8 Å². The predicted molar refractivity (Wildman–Crippen MR) is 59.0 cm³/mol. The SMILES string of the molecule is CCCSc1[c]cccc1I. The van der Waals surface area contributed by atoms with Gasteiger partial charge in [0.15, 0.2) is 0 Å². The minimum Gasteiger partial charge on any atom is -0.124 e. The molecule has 0 heterocycles. The fraction of sp³-hybridized carbons (Fsp3) is 0.333. The van der Waals surface area contributed by atoms with E-state index < -0.39 is 0 Å². The lowest BCUT2D eigenvalue weighted by atomic mass is 10.4. The molecule has 0 saturated heterocycles. The van der Waals surface area contributed by atoms with Crippen molar-refractivity contribution in [1.29, 1.82) is 0 Å². The number of hydrogen-bond donors (Lipinski definition) is 0. The average Bonchev–Trinajstić information content (AvgIpc) is 2.03. The maximum atomic E-state index is 3.23. The van der Waals surface area contributed by atoms with Gasteiger partial charge in [0.25, 0.3) is 0 Å². The highest BCUT2D eigenvalue weighted by Crippen LogP contribution is 2.23. The normalized spacial score (nSPS) is 10.0.